The lowest BCUT2D eigenvalue weighted by Gasteiger charge is -2.38. The number of aromatic nitrogens is 7. The van der Waals surface area contributed by atoms with Crippen LogP contribution in [0.15, 0.2) is 30.9 Å². The van der Waals surface area contributed by atoms with E-state index in [0.29, 0.717) is 30.1 Å². The Morgan fingerprint density at radius 1 is 1.41 bits per heavy atom. The highest BCUT2D eigenvalue weighted by molar-refractivity contribution is 5.97. The summed E-state index contributed by atoms with van der Waals surface area (Å²) in [5, 5.41) is 30.3. The second-order valence-corrected chi connectivity index (χ2v) is 6.36. The van der Waals surface area contributed by atoms with Gasteiger partial charge in [-0.1, -0.05) is 6.07 Å². The number of amides is 1. The average molecular weight is 370 g/mol. The fourth-order valence-corrected chi connectivity index (χ4v) is 3.17. The van der Waals surface area contributed by atoms with Crippen molar-refractivity contribution in [2.75, 3.05) is 7.11 Å². The molecule has 0 spiro atoms. The van der Waals surface area contributed by atoms with E-state index < -0.39 is 0 Å². The minimum Gasteiger partial charge on any atom is -0.481 e. The minimum atomic E-state index is -0.341. The van der Waals surface area contributed by atoms with Crippen molar-refractivity contribution in [3.05, 3.63) is 42.0 Å². The van der Waals surface area contributed by atoms with Gasteiger partial charge in [0, 0.05) is 12.3 Å². The summed E-state index contributed by atoms with van der Waals surface area (Å²) in [6.45, 7) is 0. The van der Waals surface area contributed by atoms with Gasteiger partial charge in [0.1, 0.15) is 11.9 Å². The zero-order valence-electron chi connectivity index (χ0n) is 14.5. The second-order valence-electron chi connectivity index (χ2n) is 6.36. The van der Waals surface area contributed by atoms with Crippen LogP contribution in [0.4, 0.5) is 0 Å². The third-order valence-electron chi connectivity index (χ3n) is 4.68. The SMILES string of the molecule is COc1ccc(C(NC(=O)c2cn[nH]c2-n2cnnn2)C2CC(O)C2)cn1. The standard InChI is InChI=1S/C16H18N8O3/c1-27-13-3-2-9(6-17-13)14(10-4-11(25)5-10)20-16(26)12-7-18-21-15(12)24-8-19-22-23-24/h2-3,6-8,10-11,14,25H,4-5H2,1H3,(H,18,21)(H,20,26). The van der Waals surface area contributed by atoms with E-state index >= 15 is 0 Å². The van der Waals surface area contributed by atoms with Gasteiger partial charge in [0.25, 0.3) is 5.91 Å². The van der Waals surface area contributed by atoms with Crippen molar-refractivity contribution < 1.29 is 14.6 Å². The van der Waals surface area contributed by atoms with Crippen LogP contribution in [0.2, 0.25) is 0 Å². The number of pyridine rings is 1. The lowest BCUT2D eigenvalue weighted by molar-refractivity contribution is 0.0234. The predicted octanol–water partition coefficient (Wildman–Crippen LogP) is 0.0310. The number of ether oxygens (including phenoxy) is 1. The van der Waals surface area contributed by atoms with Crippen LogP contribution in [0.3, 0.4) is 0 Å². The van der Waals surface area contributed by atoms with Gasteiger partial charge in [-0.05, 0) is 34.7 Å². The Bertz CT molecular complexity index is 902. The van der Waals surface area contributed by atoms with Crippen LogP contribution in [-0.4, -0.2) is 59.6 Å². The molecule has 3 aromatic heterocycles. The van der Waals surface area contributed by atoms with Gasteiger partial charge in [-0.3, -0.25) is 9.89 Å². The summed E-state index contributed by atoms with van der Waals surface area (Å²) in [5.74, 6) is 0.657. The molecule has 3 N–H and O–H groups in total. The molecule has 1 aliphatic rings. The monoisotopic (exact) mass is 370 g/mol. The zero-order valence-corrected chi connectivity index (χ0v) is 14.5. The summed E-state index contributed by atoms with van der Waals surface area (Å²) < 4.78 is 6.42. The first-order valence-electron chi connectivity index (χ1n) is 8.41. The van der Waals surface area contributed by atoms with Crippen molar-refractivity contribution in [1.82, 2.24) is 40.7 Å². The van der Waals surface area contributed by atoms with Gasteiger partial charge in [0.15, 0.2) is 5.82 Å². The first kappa shape index (κ1) is 17.1. The van der Waals surface area contributed by atoms with Crippen LogP contribution in [0.1, 0.15) is 34.8 Å². The van der Waals surface area contributed by atoms with E-state index in [9.17, 15) is 9.90 Å². The maximum Gasteiger partial charge on any atom is 0.257 e. The van der Waals surface area contributed by atoms with E-state index in [0.717, 1.165) is 5.56 Å². The van der Waals surface area contributed by atoms with E-state index in [4.69, 9.17) is 4.74 Å². The number of aromatic amines is 1. The number of nitrogens with zero attached hydrogens (tertiary/aromatic N) is 6. The number of hydrogen-bond donors (Lipinski definition) is 3. The molecule has 11 nitrogen and oxygen atoms in total. The average Bonchev–Trinajstić information content (AvgIpc) is 3.35. The molecule has 1 fully saturated rings. The molecule has 1 atom stereocenters. The van der Waals surface area contributed by atoms with Crippen molar-refractivity contribution in [3.8, 4) is 11.7 Å². The van der Waals surface area contributed by atoms with E-state index in [2.05, 4.69) is 36.0 Å². The molecule has 0 aromatic carbocycles. The molecular formula is C16H18N8O3. The topological polar surface area (TPSA) is 144 Å². The first-order chi connectivity index (χ1) is 13.2. The highest BCUT2D eigenvalue weighted by Gasteiger charge is 2.36. The van der Waals surface area contributed by atoms with Gasteiger partial charge in [0.05, 0.1) is 25.5 Å². The smallest absolute Gasteiger partial charge is 0.257 e. The predicted molar refractivity (Wildman–Crippen MR) is 91.0 cm³/mol. The van der Waals surface area contributed by atoms with E-state index in [1.165, 1.54) is 17.2 Å². The van der Waals surface area contributed by atoms with Crippen LogP contribution >= 0.6 is 0 Å². The lowest BCUT2D eigenvalue weighted by Crippen LogP contribution is -2.41. The van der Waals surface area contributed by atoms with Gasteiger partial charge in [0.2, 0.25) is 5.88 Å². The van der Waals surface area contributed by atoms with Crippen molar-refractivity contribution in [1.29, 1.82) is 0 Å². The Labute approximate surface area is 153 Å². The highest BCUT2D eigenvalue weighted by atomic mass is 16.5. The summed E-state index contributed by atoms with van der Waals surface area (Å²) in [4.78, 5) is 17.1. The number of methoxy groups -OCH3 is 1. The Morgan fingerprint density at radius 2 is 2.26 bits per heavy atom. The maximum atomic E-state index is 12.9. The van der Waals surface area contributed by atoms with Crippen molar-refractivity contribution in [3.63, 3.8) is 0 Å². The molecule has 11 heteroatoms. The summed E-state index contributed by atoms with van der Waals surface area (Å²) in [5.41, 5.74) is 1.15. The van der Waals surface area contributed by atoms with Gasteiger partial charge in [-0.25, -0.2) is 4.98 Å². The maximum absolute atomic E-state index is 12.9. The van der Waals surface area contributed by atoms with E-state index in [1.807, 2.05) is 6.07 Å². The van der Waals surface area contributed by atoms with Crippen molar-refractivity contribution >= 4 is 5.91 Å². The summed E-state index contributed by atoms with van der Waals surface area (Å²) in [7, 11) is 1.54. The highest BCUT2D eigenvalue weighted by Crippen LogP contribution is 2.38. The molecule has 27 heavy (non-hydrogen) atoms. The third kappa shape index (κ3) is 3.36. The number of aliphatic hydroxyl groups excluding tert-OH is 1. The molecule has 3 heterocycles. The quantitative estimate of drug-likeness (QED) is 0.551. The van der Waals surface area contributed by atoms with Crippen LogP contribution in [0.5, 0.6) is 5.88 Å². The molecule has 4 rings (SSSR count). The Morgan fingerprint density at radius 3 is 2.89 bits per heavy atom. The molecule has 0 radical (unpaired) electrons. The molecule has 1 unspecified atom stereocenters. The van der Waals surface area contributed by atoms with Gasteiger partial charge >= 0.3 is 0 Å². The molecule has 3 aromatic rings. The number of nitrogens with one attached hydrogen (secondary N) is 2. The molecule has 0 aliphatic heterocycles. The number of aliphatic hydroxyl groups is 1. The second kappa shape index (κ2) is 7.11. The lowest BCUT2D eigenvalue weighted by atomic mass is 9.75. The van der Waals surface area contributed by atoms with Crippen molar-refractivity contribution in [2.45, 2.75) is 25.0 Å². The molecule has 1 saturated carbocycles. The van der Waals surface area contributed by atoms with E-state index in [-0.39, 0.29) is 24.0 Å². The number of hydrogen-bond acceptors (Lipinski definition) is 8. The Hall–Kier alpha value is -3.34. The molecular weight excluding hydrogens is 352 g/mol. The Kier molecular flexibility index (Phi) is 4.50. The molecule has 0 bridgehead atoms. The number of rotatable bonds is 6. The third-order valence-corrected chi connectivity index (χ3v) is 4.68. The molecule has 0 saturated heterocycles. The minimum absolute atomic E-state index is 0.113. The van der Waals surface area contributed by atoms with Gasteiger partial charge in [-0.2, -0.15) is 9.78 Å². The van der Waals surface area contributed by atoms with Crippen LogP contribution in [0.25, 0.3) is 5.82 Å². The summed E-state index contributed by atoms with van der Waals surface area (Å²) in [6.07, 6.45) is 5.35. The molecule has 1 amide bonds. The molecule has 140 valence electrons. The number of carbonyl (C=O) groups excluding carboxylic acids is 1. The first-order valence-corrected chi connectivity index (χ1v) is 8.41. The summed E-state index contributed by atoms with van der Waals surface area (Å²) >= 11 is 0. The van der Waals surface area contributed by atoms with Crippen LogP contribution < -0.4 is 10.1 Å². The van der Waals surface area contributed by atoms with Crippen LogP contribution in [-0.2, 0) is 0 Å². The van der Waals surface area contributed by atoms with Gasteiger partial charge in [-0.15, -0.1) is 5.10 Å². The number of tetrazole rings is 1. The summed E-state index contributed by atoms with van der Waals surface area (Å²) in [6, 6.07) is 3.31. The van der Waals surface area contributed by atoms with Crippen molar-refractivity contribution in [2.24, 2.45) is 5.92 Å². The Balaban J connectivity index is 1.58. The normalized spacial score (nSPS) is 19.9. The zero-order chi connectivity index (χ0) is 18.8. The fraction of sp³-hybridized carbons (Fsp3) is 0.375. The van der Waals surface area contributed by atoms with Gasteiger partial charge < -0.3 is 15.2 Å². The van der Waals surface area contributed by atoms with E-state index in [1.54, 1.807) is 19.4 Å². The largest absolute Gasteiger partial charge is 0.481 e. The fourth-order valence-electron chi connectivity index (χ4n) is 3.17. The van der Waals surface area contributed by atoms with Crippen LogP contribution in [0, 0.1) is 5.92 Å². The molecule has 1 aliphatic carbocycles. The number of carbonyl (C=O) groups is 1. The number of H-pyrrole nitrogens is 1.